The van der Waals surface area contributed by atoms with E-state index >= 15 is 0 Å². The number of sulfone groups is 1. The van der Waals surface area contributed by atoms with E-state index in [9.17, 15) is 17.6 Å². The van der Waals surface area contributed by atoms with E-state index in [2.05, 4.69) is 5.32 Å². The lowest BCUT2D eigenvalue weighted by Gasteiger charge is -2.22. The van der Waals surface area contributed by atoms with E-state index in [1.165, 1.54) is 50.5 Å². The summed E-state index contributed by atoms with van der Waals surface area (Å²) in [4.78, 5) is 12.1. The van der Waals surface area contributed by atoms with E-state index in [4.69, 9.17) is 0 Å². The van der Waals surface area contributed by atoms with Crippen LogP contribution in [-0.2, 0) is 20.4 Å². The van der Waals surface area contributed by atoms with Crippen LogP contribution in [0.5, 0.6) is 0 Å². The average molecular weight is 341 g/mol. The predicted molar refractivity (Wildman–Crippen MR) is 88.1 cm³/mol. The Morgan fingerprint density at radius 1 is 1.22 bits per heavy atom. The second kappa shape index (κ2) is 7.90. The highest BCUT2D eigenvalue weighted by molar-refractivity contribution is 7.92. The molecule has 23 heavy (non-hydrogen) atoms. The summed E-state index contributed by atoms with van der Waals surface area (Å²) in [6, 6.07) is 5.30. The molecule has 0 bridgehead atoms. The number of hydrogen-bond donors (Lipinski definition) is 1. The summed E-state index contributed by atoms with van der Waals surface area (Å²) in [6.45, 7) is 1.96. The Morgan fingerprint density at radius 2 is 1.83 bits per heavy atom. The molecule has 6 heteroatoms. The fraction of sp³-hybridized carbons (Fsp3) is 0.588. The van der Waals surface area contributed by atoms with E-state index in [0.717, 1.165) is 12.8 Å². The Labute approximate surface area is 137 Å². The van der Waals surface area contributed by atoms with Crippen molar-refractivity contribution in [3.05, 3.63) is 35.6 Å². The van der Waals surface area contributed by atoms with E-state index < -0.39 is 26.8 Å². The molecule has 1 aliphatic rings. The van der Waals surface area contributed by atoms with Gasteiger partial charge in [-0.3, -0.25) is 4.79 Å². The van der Waals surface area contributed by atoms with Gasteiger partial charge in [0, 0.05) is 6.54 Å². The highest BCUT2D eigenvalue weighted by atomic mass is 32.2. The van der Waals surface area contributed by atoms with Crippen LogP contribution >= 0.6 is 0 Å². The largest absolute Gasteiger partial charge is 0.355 e. The van der Waals surface area contributed by atoms with Gasteiger partial charge >= 0.3 is 0 Å². The molecule has 1 fully saturated rings. The minimum absolute atomic E-state index is 0.259. The monoisotopic (exact) mass is 341 g/mol. The van der Waals surface area contributed by atoms with Crippen molar-refractivity contribution in [2.45, 2.75) is 50.0 Å². The first-order valence-electron chi connectivity index (χ1n) is 8.12. The molecule has 1 aromatic rings. The third-order valence-electron chi connectivity index (χ3n) is 4.48. The number of carbonyl (C=O) groups excluding carboxylic acids is 1. The standard InChI is InChI=1S/C17H24FNO3S/c1-13(17(20)19-11-14-5-3-2-4-6-14)23(21,22)12-15-7-9-16(18)10-8-15/h7-10,13-14H,2-6,11-12H2,1H3,(H,19,20)/t13-/m0/s1. The Kier molecular flexibility index (Phi) is 6.16. The Balaban J connectivity index is 1.89. The smallest absolute Gasteiger partial charge is 0.238 e. The first-order valence-corrected chi connectivity index (χ1v) is 9.84. The lowest BCUT2D eigenvalue weighted by Crippen LogP contribution is -2.40. The molecule has 128 valence electrons. The first kappa shape index (κ1) is 17.9. The Bertz CT molecular complexity index is 622. The van der Waals surface area contributed by atoms with E-state index in [1.807, 2.05) is 0 Å². The molecular formula is C17H24FNO3S. The maximum Gasteiger partial charge on any atom is 0.238 e. The SMILES string of the molecule is C[C@@H](C(=O)NCC1CCCCC1)S(=O)(=O)Cc1ccc(F)cc1. The Hall–Kier alpha value is -1.43. The second-order valence-electron chi connectivity index (χ2n) is 6.33. The van der Waals surface area contributed by atoms with Crippen molar-refractivity contribution in [1.29, 1.82) is 0 Å². The molecule has 1 saturated carbocycles. The minimum Gasteiger partial charge on any atom is -0.355 e. The summed E-state index contributed by atoms with van der Waals surface area (Å²) >= 11 is 0. The van der Waals surface area contributed by atoms with E-state index in [1.54, 1.807) is 0 Å². The van der Waals surface area contributed by atoms with Crippen molar-refractivity contribution in [3.63, 3.8) is 0 Å². The fourth-order valence-electron chi connectivity index (χ4n) is 2.88. The van der Waals surface area contributed by atoms with Crippen LogP contribution in [0.25, 0.3) is 0 Å². The van der Waals surface area contributed by atoms with Crippen molar-refractivity contribution >= 4 is 15.7 Å². The van der Waals surface area contributed by atoms with Crippen molar-refractivity contribution < 1.29 is 17.6 Å². The average Bonchev–Trinajstić information content (AvgIpc) is 2.55. The molecule has 0 heterocycles. The van der Waals surface area contributed by atoms with Crippen LogP contribution in [0, 0.1) is 11.7 Å². The van der Waals surface area contributed by atoms with E-state index in [0.29, 0.717) is 18.0 Å². The summed E-state index contributed by atoms with van der Waals surface area (Å²) < 4.78 is 37.5. The number of rotatable bonds is 6. The van der Waals surface area contributed by atoms with Gasteiger partial charge in [0.15, 0.2) is 9.84 Å². The number of halogens is 1. The number of amides is 1. The van der Waals surface area contributed by atoms with E-state index in [-0.39, 0.29) is 5.75 Å². The molecular weight excluding hydrogens is 317 g/mol. The number of nitrogens with one attached hydrogen (secondary N) is 1. The van der Waals surface area contributed by atoms with Crippen LogP contribution in [0.2, 0.25) is 0 Å². The lowest BCUT2D eigenvalue weighted by molar-refractivity contribution is -0.120. The van der Waals surface area contributed by atoms with Crippen LogP contribution in [0.4, 0.5) is 4.39 Å². The third kappa shape index (κ3) is 5.30. The van der Waals surface area contributed by atoms with Crippen molar-refractivity contribution in [1.82, 2.24) is 5.32 Å². The fourth-order valence-corrected chi connectivity index (χ4v) is 4.20. The summed E-state index contributed by atoms with van der Waals surface area (Å²) in [5.41, 5.74) is 0.485. The molecule has 0 spiro atoms. The Morgan fingerprint density at radius 3 is 2.43 bits per heavy atom. The minimum atomic E-state index is -3.61. The molecule has 0 aromatic heterocycles. The van der Waals surface area contributed by atoms with Gasteiger partial charge in [0.2, 0.25) is 5.91 Å². The lowest BCUT2D eigenvalue weighted by atomic mass is 9.89. The molecule has 1 aliphatic carbocycles. The van der Waals surface area contributed by atoms with Crippen LogP contribution in [0.1, 0.15) is 44.6 Å². The van der Waals surface area contributed by atoms with Gasteiger partial charge < -0.3 is 5.32 Å². The zero-order valence-corrected chi connectivity index (χ0v) is 14.2. The topological polar surface area (TPSA) is 63.2 Å². The predicted octanol–water partition coefficient (Wildman–Crippen LogP) is 2.83. The molecule has 0 unspecified atom stereocenters. The summed E-state index contributed by atoms with van der Waals surface area (Å²) in [6.07, 6.45) is 5.79. The quantitative estimate of drug-likeness (QED) is 0.865. The van der Waals surface area contributed by atoms with Crippen molar-refractivity contribution in [2.75, 3.05) is 6.54 Å². The van der Waals surface area contributed by atoms with Crippen LogP contribution in [0.3, 0.4) is 0 Å². The van der Waals surface area contributed by atoms with Crippen LogP contribution < -0.4 is 5.32 Å². The normalized spacial score (nSPS) is 17.7. The summed E-state index contributed by atoms with van der Waals surface area (Å²) in [7, 11) is -3.61. The van der Waals surface area contributed by atoms with Gasteiger partial charge in [-0.15, -0.1) is 0 Å². The second-order valence-corrected chi connectivity index (χ2v) is 8.65. The van der Waals surface area contributed by atoms with Gasteiger partial charge in [-0.05, 0) is 43.4 Å². The van der Waals surface area contributed by atoms with Gasteiger partial charge in [0.05, 0.1) is 5.75 Å². The summed E-state index contributed by atoms with van der Waals surface area (Å²) in [5.74, 6) is -0.660. The van der Waals surface area contributed by atoms with Gasteiger partial charge in [-0.25, -0.2) is 12.8 Å². The highest BCUT2D eigenvalue weighted by Crippen LogP contribution is 2.23. The molecule has 0 aliphatic heterocycles. The molecule has 4 nitrogen and oxygen atoms in total. The van der Waals surface area contributed by atoms with Gasteiger partial charge in [0.1, 0.15) is 11.1 Å². The molecule has 0 radical (unpaired) electrons. The first-order chi connectivity index (χ1) is 10.9. The number of benzene rings is 1. The molecule has 2 rings (SSSR count). The van der Waals surface area contributed by atoms with Gasteiger partial charge in [0.25, 0.3) is 0 Å². The zero-order chi connectivity index (χ0) is 16.9. The zero-order valence-electron chi connectivity index (χ0n) is 13.4. The molecule has 0 saturated heterocycles. The van der Waals surface area contributed by atoms with Gasteiger partial charge in [-0.1, -0.05) is 31.4 Å². The van der Waals surface area contributed by atoms with Crippen LogP contribution in [0.15, 0.2) is 24.3 Å². The summed E-state index contributed by atoms with van der Waals surface area (Å²) in [5, 5.41) is 1.67. The molecule has 1 atom stereocenters. The maximum atomic E-state index is 12.9. The number of hydrogen-bond acceptors (Lipinski definition) is 3. The van der Waals surface area contributed by atoms with Crippen molar-refractivity contribution in [3.8, 4) is 0 Å². The highest BCUT2D eigenvalue weighted by Gasteiger charge is 2.28. The molecule has 1 N–H and O–H groups in total. The number of carbonyl (C=O) groups is 1. The van der Waals surface area contributed by atoms with Gasteiger partial charge in [-0.2, -0.15) is 0 Å². The maximum absolute atomic E-state index is 12.9. The third-order valence-corrected chi connectivity index (χ3v) is 6.51. The molecule has 1 aromatic carbocycles. The van der Waals surface area contributed by atoms with Crippen LogP contribution in [-0.4, -0.2) is 26.1 Å². The molecule has 1 amide bonds. The van der Waals surface area contributed by atoms with Crippen molar-refractivity contribution in [2.24, 2.45) is 5.92 Å².